The van der Waals surface area contributed by atoms with Crippen LogP contribution in [0.2, 0.25) is 0 Å². The number of rotatable bonds is 21. The molecule has 0 aromatic carbocycles. The van der Waals surface area contributed by atoms with Crippen molar-refractivity contribution in [1.29, 1.82) is 0 Å². The van der Waals surface area contributed by atoms with E-state index in [9.17, 15) is 9.59 Å². The Bertz CT molecular complexity index is 599. The zero-order valence-corrected chi connectivity index (χ0v) is 24.2. The van der Waals surface area contributed by atoms with Crippen molar-refractivity contribution >= 4 is 33.5 Å². The predicted molar refractivity (Wildman–Crippen MR) is 149 cm³/mol. The van der Waals surface area contributed by atoms with E-state index in [4.69, 9.17) is 9.47 Å². The normalized spacial score (nSPS) is 12.5. The van der Waals surface area contributed by atoms with E-state index in [-0.39, 0.29) is 29.5 Å². The molecule has 0 bridgehead atoms. The molecule has 0 heterocycles. The second-order valence-corrected chi connectivity index (χ2v) is 11.3. The van der Waals surface area contributed by atoms with Crippen molar-refractivity contribution in [2.45, 2.75) is 99.0 Å². The molecule has 5 nitrogen and oxygen atoms in total. The van der Waals surface area contributed by atoms with E-state index in [0.29, 0.717) is 6.61 Å². The first kappa shape index (κ1) is 33.1. The molecular weight excluding hydrogens is 466 g/mol. The fraction of sp³-hybridized carbons (Fsp3) is 0.778. The van der Waals surface area contributed by atoms with Gasteiger partial charge in [0.25, 0.3) is 0 Å². The SMILES string of the molecule is CCCCCCC(/C=C(\C)CCC=C(C)C)OC(=O)CSSCC(=O)OCCCN(CC)CC. The van der Waals surface area contributed by atoms with Gasteiger partial charge >= 0.3 is 11.9 Å². The Hall–Kier alpha value is -0.920. The summed E-state index contributed by atoms with van der Waals surface area (Å²) in [6.07, 6.45) is 12.5. The van der Waals surface area contributed by atoms with Crippen molar-refractivity contribution in [2.75, 3.05) is 37.7 Å². The highest BCUT2D eigenvalue weighted by molar-refractivity contribution is 8.77. The summed E-state index contributed by atoms with van der Waals surface area (Å²) in [5, 5.41) is 0. The highest BCUT2D eigenvalue weighted by Crippen LogP contribution is 2.22. The Kier molecular flexibility index (Phi) is 21.9. The van der Waals surface area contributed by atoms with Crippen molar-refractivity contribution < 1.29 is 19.1 Å². The van der Waals surface area contributed by atoms with E-state index >= 15 is 0 Å². The molecule has 0 amide bonds. The molecule has 0 spiro atoms. The molecule has 0 saturated heterocycles. The maximum Gasteiger partial charge on any atom is 0.317 e. The molecule has 0 aromatic rings. The molecule has 0 aliphatic carbocycles. The number of carbonyl (C=O) groups excluding carboxylic acids is 2. The van der Waals surface area contributed by atoms with E-state index in [2.05, 4.69) is 58.6 Å². The van der Waals surface area contributed by atoms with Crippen LogP contribution in [-0.2, 0) is 19.1 Å². The number of carbonyl (C=O) groups is 2. The molecule has 34 heavy (non-hydrogen) atoms. The van der Waals surface area contributed by atoms with Crippen LogP contribution in [-0.4, -0.2) is 60.7 Å². The van der Waals surface area contributed by atoms with Gasteiger partial charge in [0, 0.05) is 6.54 Å². The molecule has 0 aromatic heterocycles. The lowest BCUT2D eigenvalue weighted by molar-refractivity contribution is -0.144. The standard InChI is InChI=1S/C27H49NO4S2/c1-7-10-11-12-17-25(20-24(6)16-13-15-23(4)5)32-27(30)22-34-33-21-26(29)31-19-14-18-28(8-2)9-3/h15,20,25H,7-14,16-19,21-22H2,1-6H3/b24-20+. The number of ether oxygens (including phenoxy) is 2. The first-order valence-corrected chi connectivity index (χ1v) is 15.4. The topological polar surface area (TPSA) is 55.8 Å². The van der Waals surface area contributed by atoms with Gasteiger partial charge in [-0.2, -0.15) is 0 Å². The fourth-order valence-corrected chi connectivity index (χ4v) is 4.96. The molecule has 198 valence electrons. The van der Waals surface area contributed by atoms with E-state index < -0.39 is 0 Å². The van der Waals surface area contributed by atoms with Gasteiger partial charge in [0.15, 0.2) is 0 Å². The zero-order chi connectivity index (χ0) is 25.6. The predicted octanol–water partition coefficient (Wildman–Crippen LogP) is 7.22. The van der Waals surface area contributed by atoms with Crippen LogP contribution >= 0.6 is 21.6 Å². The minimum atomic E-state index is -0.228. The van der Waals surface area contributed by atoms with Crippen LogP contribution in [0.3, 0.4) is 0 Å². The maximum absolute atomic E-state index is 12.4. The van der Waals surface area contributed by atoms with Crippen molar-refractivity contribution in [2.24, 2.45) is 0 Å². The quantitative estimate of drug-likeness (QED) is 0.0692. The lowest BCUT2D eigenvalue weighted by atomic mass is 10.0. The molecule has 0 fully saturated rings. The van der Waals surface area contributed by atoms with Crippen LogP contribution in [0.1, 0.15) is 92.9 Å². The summed E-state index contributed by atoms with van der Waals surface area (Å²) in [5.41, 5.74) is 2.59. The number of hydrogen-bond donors (Lipinski definition) is 0. The molecular formula is C27H49NO4S2. The van der Waals surface area contributed by atoms with Gasteiger partial charge in [-0.1, -0.05) is 78.8 Å². The third kappa shape index (κ3) is 20.5. The first-order valence-electron chi connectivity index (χ1n) is 12.9. The first-order chi connectivity index (χ1) is 16.3. The minimum absolute atomic E-state index is 0.169. The van der Waals surface area contributed by atoms with Gasteiger partial charge in [0.2, 0.25) is 0 Å². The van der Waals surface area contributed by atoms with Gasteiger partial charge in [-0.05, 0) is 72.0 Å². The number of unbranched alkanes of at least 4 members (excludes halogenated alkanes) is 3. The van der Waals surface area contributed by atoms with Crippen molar-refractivity contribution in [1.82, 2.24) is 4.90 Å². The smallest absolute Gasteiger partial charge is 0.317 e. The number of allylic oxidation sites excluding steroid dienone is 3. The summed E-state index contributed by atoms with van der Waals surface area (Å²) >= 11 is 0. The third-order valence-electron chi connectivity index (χ3n) is 5.40. The highest BCUT2D eigenvalue weighted by atomic mass is 33.1. The minimum Gasteiger partial charge on any atom is -0.465 e. The van der Waals surface area contributed by atoms with Crippen molar-refractivity contribution in [3.8, 4) is 0 Å². The summed E-state index contributed by atoms with van der Waals surface area (Å²) in [4.78, 5) is 26.6. The monoisotopic (exact) mass is 515 g/mol. The summed E-state index contributed by atoms with van der Waals surface area (Å²) in [6, 6.07) is 0. The average molecular weight is 516 g/mol. The van der Waals surface area contributed by atoms with Crippen LogP contribution in [0.4, 0.5) is 0 Å². The Labute approximate surface area is 217 Å². The molecule has 1 atom stereocenters. The average Bonchev–Trinajstić information content (AvgIpc) is 2.79. The Morgan fingerprint density at radius 2 is 1.59 bits per heavy atom. The van der Waals surface area contributed by atoms with Crippen LogP contribution in [0.5, 0.6) is 0 Å². The molecule has 0 radical (unpaired) electrons. The second-order valence-electron chi connectivity index (χ2n) is 8.84. The Balaban J connectivity index is 4.31. The van der Waals surface area contributed by atoms with Crippen LogP contribution in [0, 0.1) is 0 Å². The van der Waals surface area contributed by atoms with Gasteiger partial charge in [-0.15, -0.1) is 0 Å². The summed E-state index contributed by atoms with van der Waals surface area (Å²) < 4.78 is 11.1. The molecule has 0 aliphatic heterocycles. The lowest BCUT2D eigenvalue weighted by Gasteiger charge is -2.17. The van der Waals surface area contributed by atoms with Gasteiger partial charge in [-0.3, -0.25) is 9.59 Å². The van der Waals surface area contributed by atoms with Gasteiger partial charge in [-0.25, -0.2) is 0 Å². The lowest BCUT2D eigenvalue weighted by Crippen LogP contribution is -2.25. The fourth-order valence-electron chi connectivity index (χ4n) is 3.38. The van der Waals surface area contributed by atoms with Crippen molar-refractivity contribution in [3.63, 3.8) is 0 Å². The molecule has 0 saturated carbocycles. The summed E-state index contributed by atoms with van der Waals surface area (Å²) in [6.45, 7) is 16.2. The van der Waals surface area contributed by atoms with E-state index in [1.807, 2.05) is 0 Å². The van der Waals surface area contributed by atoms with Crippen molar-refractivity contribution in [3.05, 3.63) is 23.3 Å². The molecule has 1 unspecified atom stereocenters. The van der Waals surface area contributed by atoms with Crippen LogP contribution < -0.4 is 0 Å². The van der Waals surface area contributed by atoms with Gasteiger partial charge in [0.1, 0.15) is 17.6 Å². The summed E-state index contributed by atoms with van der Waals surface area (Å²) in [5.74, 6) is 0.0244. The third-order valence-corrected chi connectivity index (χ3v) is 7.48. The van der Waals surface area contributed by atoms with Crippen LogP contribution in [0.25, 0.3) is 0 Å². The van der Waals surface area contributed by atoms with E-state index in [1.165, 1.54) is 45.6 Å². The number of nitrogens with zero attached hydrogens (tertiary/aromatic N) is 1. The highest BCUT2D eigenvalue weighted by Gasteiger charge is 2.14. The summed E-state index contributed by atoms with van der Waals surface area (Å²) in [7, 11) is 2.71. The van der Waals surface area contributed by atoms with E-state index in [0.717, 1.165) is 58.2 Å². The number of hydrogen-bond acceptors (Lipinski definition) is 7. The van der Waals surface area contributed by atoms with Crippen LogP contribution in [0.15, 0.2) is 23.3 Å². The Morgan fingerprint density at radius 3 is 2.21 bits per heavy atom. The molecule has 7 heteroatoms. The second kappa shape index (κ2) is 22.5. The van der Waals surface area contributed by atoms with Gasteiger partial charge < -0.3 is 14.4 Å². The zero-order valence-electron chi connectivity index (χ0n) is 22.5. The molecule has 0 aliphatic rings. The maximum atomic E-state index is 12.4. The largest absolute Gasteiger partial charge is 0.465 e. The molecule has 0 N–H and O–H groups in total. The van der Waals surface area contributed by atoms with Gasteiger partial charge in [0.05, 0.1) is 6.61 Å². The number of esters is 2. The Morgan fingerprint density at radius 1 is 0.912 bits per heavy atom. The molecule has 0 rings (SSSR count). The van der Waals surface area contributed by atoms with E-state index in [1.54, 1.807) is 0 Å².